The molecule has 1 aromatic rings. The molecule has 2 rings (SSSR count). The van der Waals surface area contributed by atoms with Gasteiger partial charge in [0.2, 0.25) is 0 Å². The number of phenols is 1. The molecule has 0 aromatic heterocycles. The van der Waals surface area contributed by atoms with Crippen LogP contribution in [0, 0.1) is 0 Å². The largest absolute Gasteiger partial charge is 0.508 e. The van der Waals surface area contributed by atoms with Crippen molar-refractivity contribution in [2.75, 3.05) is 6.61 Å². The van der Waals surface area contributed by atoms with E-state index >= 15 is 0 Å². The molecule has 0 unspecified atom stereocenters. The summed E-state index contributed by atoms with van der Waals surface area (Å²) in [6.45, 7) is 0.0290. The number of phenolic OH excluding ortho intramolecular Hbond substituents is 1. The zero-order valence-corrected chi connectivity index (χ0v) is 8.27. The lowest BCUT2D eigenvalue weighted by Crippen LogP contribution is -2.30. The molecule has 1 fully saturated rings. The van der Waals surface area contributed by atoms with Gasteiger partial charge in [0.1, 0.15) is 11.5 Å². The molecular formula is C11H13NO3. The highest BCUT2D eigenvalue weighted by molar-refractivity contribution is 5.78. The summed E-state index contributed by atoms with van der Waals surface area (Å²) in [5, 5.41) is 11.8. The highest BCUT2D eigenvalue weighted by Gasteiger charge is 2.23. The van der Waals surface area contributed by atoms with Gasteiger partial charge in [-0.25, -0.2) is 0 Å². The molecule has 1 aromatic carbocycles. The normalized spacial score (nSPS) is 14.7. The van der Waals surface area contributed by atoms with Crippen LogP contribution in [0.25, 0.3) is 0 Å². The number of carbonyl (C=O) groups excluding carboxylic acids is 1. The smallest absolute Gasteiger partial charge is 0.258 e. The fourth-order valence-electron chi connectivity index (χ4n) is 1.19. The summed E-state index contributed by atoms with van der Waals surface area (Å²) in [4.78, 5) is 11.2. The van der Waals surface area contributed by atoms with E-state index in [1.165, 1.54) is 12.1 Å². The van der Waals surface area contributed by atoms with Crippen LogP contribution in [0.5, 0.6) is 11.5 Å². The van der Waals surface area contributed by atoms with Crippen molar-refractivity contribution >= 4 is 5.91 Å². The monoisotopic (exact) mass is 207 g/mol. The van der Waals surface area contributed by atoms with Crippen molar-refractivity contribution in [1.82, 2.24) is 5.32 Å². The van der Waals surface area contributed by atoms with E-state index in [1.54, 1.807) is 12.1 Å². The minimum absolute atomic E-state index is 0.0290. The predicted octanol–water partition coefficient (Wildman–Crippen LogP) is 1.05. The fourth-order valence-corrected chi connectivity index (χ4v) is 1.19. The number of benzene rings is 1. The highest BCUT2D eigenvalue weighted by atomic mass is 16.5. The van der Waals surface area contributed by atoms with Crippen LogP contribution in [0.2, 0.25) is 0 Å². The van der Waals surface area contributed by atoms with E-state index in [9.17, 15) is 4.79 Å². The van der Waals surface area contributed by atoms with Gasteiger partial charge < -0.3 is 15.2 Å². The molecule has 1 aliphatic rings. The van der Waals surface area contributed by atoms with Crippen LogP contribution < -0.4 is 10.1 Å². The summed E-state index contributed by atoms with van der Waals surface area (Å²) in [5.41, 5.74) is 0. The summed E-state index contributed by atoms with van der Waals surface area (Å²) in [7, 11) is 0. The van der Waals surface area contributed by atoms with E-state index in [4.69, 9.17) is 9.84 Å². The second-order valence-electron chi connectivity index (χ2n) is 3.62. The van der Waals surface area contributed by atoms with Crippen molar-refractivity contribution in [3.63, 3.8) is 0 Å². The lowest BCUT2D eigenvalue weighted by Gasteiger charge is -2.06. The topological polar surface area (TPSA) is 58.6 Å². The second-order valence-corrected chi connectivity index (χ2v) is 3.62. The molecule has 0 aliphatic heterocycles. The van der Waals surface area contributed by atoms with E-state index in [0.717, 1.165) is 12.8 Å². The molecule has 0 atom stereocenters. The van der Waals surface area contributed by atoms with Gasteiger partial charge in [-0.05, 0) is 37.1 Å². The molecule has 1 aliphatic carbocycles. The first-order valence-corrected chi connectivity index (χ1v) is 4.95. The second kappa shape index (κ2) is 4.21. The minimum Gasteiger partial charge on any atom is -0.508 e. The number of hydrogen-bond donors (Lipinski definition) is 2. The summed E-state index contributed by atoms with van der Waals surface area (Å²) < 4.78 is 5.23. The molecule has 0 spiro atoms. The third kappa shape index (κ3) is 3.16. The van der Waals surface area contributed by atoms with Crippen LogP contribution in [-0.2, 0) is 4.79 Å². The highest BCUT2D eigenvalue weighted by Crippen LogP contribution is 2.19. The van der Waals surface area contributed by atoms with E-state index in [0.29, 0.717) is 11.8 Å². The van der Waals surface area contributed by atoms with Gasteiger partial charge in [0.15, 0.2) is 6.61 Å². The Hall–Kier alpha value is -1.71. The molecule has 80 valence electrons. The Morgan fingerprint density at radius 1 is 1.40 bits per heavy atom. The van der Waals surface area contributed by atoms with Gasteiger partial charge in [-0.1, -0.05) is 0 Å². The zero-order valence-electron chi connectivity index (χ0n) is 8.27. The lowest BCUT2D eigenvalue weighted by atomic mass is 10.3. The summed E-state index contributed by atoms with van der Waals surface area (Å²) in [6.07, 6.45) is 2.15. The number of nitrogens with one attached hydrogen (secondary N) is 1. The molecule has 0 bridgehead atoms. The number of carbonyl (C=O) groups is 1. The minimum atomic E-state index is -0.0921. The van der Waals surface area contributed by atoms with Crippen molar-refractivity contribution < 1.29 is 14.6 Å². The first-order valence-electron chi connectivity index (χ1n) is 4.95. The average molecular weight is 207 g/mol. The van der Waals surface area contributed by atoms with Crippen LogP contribution in [0.3, 0.4) is 0 Å². The van der Waals surface area contributed by atoms with E-state index < -0.39 is 0 Å². The number of aromatic hydroxyl groups is 1. The van der Waals surface area contributed by atoms with Gasteiger partial charge in [-0.3, -0.25) is 4.79 Å². The zero-order chi connectivity index (χ0) is 10.7. The molecule has 2 N–H and O–H groups in total. The number of ether oxygens (including phenoxy) is 1. The molecule has 15 heavy (non-hydrogen) atoms. The van der Waals surface area contributed by atoms with Crippen molar-refractivity contribution in [3.05, 3.63) is 24.3 Å². The Bertz CT molecular complexity index is 343. The van der Waals surface area contributed by atoms with Crippen LogP contribution in [0.15, 0.2) is 24.3 Å². The first-order chi connectivity index (χ1) is 7.24. The third-order valence-electron chi connectivity index (χ3n) is 2.15. The van der Waals surface area contributed by atoms with Crippen LogP contribution in [-0.4, -0.2) is 23.7 Å². The van der Waals surface area contributed by atoms with Crippen molar-refractivity contribution in [2.24, 2.45) is 0 Å². The van der Waals surface area contributed by atoms with Crippen LogP contribution >= 0.6 is 0 Å². The Morgan fingerprint density at radius 3 is 2.67 bits per heavy atom. The summed E-state index contributed by atoms with van der Waals surface area (Å²) in [5.74, 6) is 0.675. The van der Waals surface area contributed by atoms with Gasteiger partial charge in [-0.15, -0.1) is 0 Å². The Kier molecular flexibility index (Phi) is 2.76. The van der Waals surface area contributed by atoms with Crippen LogP contribution in [0.1, 0.15) is 12.8 Å². The summed E-state index contributed by atoms with van der Waals surface area (Å²) >= 11 is 0. The molecule has 0 saturated heterocycles. The van der Waals surface area contributed by atoms with E-state index in [1.807, 2.05) is 0 Å². The molecule has 4 heteroatoms. The maximum Gasteiger partial charge on any atom is 0.258 e. The Labute approximate surface area is 87.9 Å². The fraction of sp³-hybridized carbons (Fsp3) is 0.364. The van der Waals surface area contributed by atoms with Crippen molar-refractivity contribution in [1.29, 1.82) is 0 Å². The first kappa shape index (κ1) is 9.83. The van der Waals surface area contributed by atoms with Gasteiger partial charge in [0.05, 0.1) is 0 Å². The molecule has 0 radical (unpaired) electrons. The Morgan fingerprint density at radius 2 is 2.07 bits per heavy atom. The molecule has 4 nitrogen and oxygen atoms in total. The lowest BCUT2D eigenvalue weighted by molar-refractivity contribution is -0.123. The number of hydrogen-bond acceptors (Lipinski definition) is 3. The maximum absolute atomic E-state index is 11.2. The quantitative estimate of drug-likeness (QED) is 0.775. The third-order valence-corrected chi connectivity index (χ3v) is 2.15. The standard InChI is InChI=1S/C11H13NO3/c13-9-3-5-10(6-4-9)15-7-11(14)12-8-1-2-8/h3-6,8,13H,1-2,7H2,(H,12,14). The summed E-state index contributed by atoms with van der Waals surface area (Å²) in [6, 6.07) is 6.66. The maximum atomic E-state index is 11.2. The van der Waals surface area contributed by atoms with E-state index in [-0.39, 0.29) is 18.3 Å². The van der Waals surface area contributed by atoms with Gasteiger partial charge in [0, 0.05) is 6.04 Å². The van der Waals surface area contributed by atoms with Crippen molar-refractivity contribution in [2.45, 2.75) is 18.9 Å². The molecule has 1 saturated carbocycles. The van der Waals surface area contributed by atoms with Crippen LogP contribution in [0.4, 0.5) is 0 Å². The Balaban J connectivity index is 1.76. The SMILES string of the molecule is O=C(COc1ccc(O)cc1)NC1CC1. The van der Waals surface area contributed by atoms with Gasteiger partial charge in [-0.2, -0.15) is 0 Å². The molecule has 0 heterocycles. The average Bonchev–Trinajstić information content (AvgIpc) is 3.01. The number of rotatable bonds is 4. The predicted molar refractivity (Wildman–Crippen MR) is 54.8 cm³/mol. The van der Waals surface area contributed by atoms with E-state index in [2.05, 4.69) is 5.32 Å². The van der Waals surface area contributed by atoms with Crippen molar-refractivity contribution in [3.8, 4) is 11.5 Å². The number of amides is 1. The van der Waals surface area contributed by atoms with Gasteiger partial charge >= 0.3 is 0 Å². The molecular weight excluding hydrogens is 194 g/mol. The van der Waals surface area contributed by atoms with Gasteiger partial charge in [0.25, 0.3) is 5.91 Å². The molecule has 1 amide bonds.